The number of benzene rings is 4. The fourth-order valence-corrected chi connectivity index (χ4v) is 6.47. The number of hydrogen-bond donors (Lipinski definition) is 1. The summed E-state index contributed by atoms with van der Waals surface area (Å²) in [5, 5.41) is 3.99. The van der Waals surface area contributed by atoms with Gasteiger partial charge >= 0.3 is 0 Å². The maximum atomic E-state index is 13.5. The van der Waals surface area contributed by atoms with Crippen molar-refractivity contribution >= 4 is 56.6 Å². The highest BCUT2D eigenvalue weighted by atomic mass is 35.5. The van der Waals surface area contributed by atoms with E-state index >= 15 is 0 Å². The molecule has 10 heteroatoms. The van der Waals surface area contributed by atoms with Gasteiger partial charge in [0.1, 0.15) is 18.0 Å². The Balaban J connectivity index is 1.41. The minimum atomic E-state index is -4.00. The molecule has 0 spiro atoms. The van der Waals surface area contributed by atoms with Crippen molar-refractivity contribution in [2.24, 2.45) is 0 Å². The Morgan fingerprint density at radius 2 is 1.49 bits per heavy atom. The van der Waals surface area contributed by atoms with Gasteiger partial charge in [-0.2, -0.15) is 11.8 Å². The van der Waals surface area contributed by atoms with Crippen molar-refractivity contribution in [3.63, 3.8) is 0 Å². The SMILES string of the molecule is O=C(CN(c1ccc(Oc2ccccc2)cc1)S(=O)(=O)c1ccccc1)NCCSCc1ccc(Cl)cc1Cl. The first-order valence-electron chi connectivity index (χ1n) is 12.0. The second kappa shape index (κ2) is 13.8. The summed E-state index contributed by atoms with van der Waals surface area (Å²) in [7, 11) is -4.00. The Kier molecular flexibility index (Phi) is 10.2. The van der Waals surface area contributed by atoms with Gasteiger partial charge in [-0.1, -0.05) is 65.7 Å². The number of hydrogen-bond acceptors (Lipinski definition) is 5. The largest absolute Gasteiger partial charge is 0.457 e. The highest BCUT2D eigenvalue weighted by molar-refractivity contribution is 7.98. The van der Waals surface area contributed by atoms with Crippen LogP contribution in [0.4, 0.5) is 5.69 Å². The third kappa shape index (κ3) is 8.16. The molecule has 0 saturated heterocycles. The summed E-state index contributed by atoms with van der Waals surface area (Å²) in [6, 6.07) is 29.3. The van der Waals surface area contributed by atoms with Gasteiger partial charge in [-0.15, -0.1) is 0 Å². The second-order valence-corrected chi connectivity index (χ2v) is 12.2. The molecular weight excluding hydrogens is 575 g/mol. The summed E-state index contributed by atoms with van der Waals surface area (Å²) in [4.78, 5) is 12.9. The van der Waals surface area contributed by atoms with Crippen LogP contribution in [0.3, 0.4) is 0 Å². The molecule has 39 heavy (non-hydrogen) atoms. The van der Waals surface area contributed by atoms with Gasteiger partial charge in [0, 0.05) is 28.1 Å². The summed E-state index contributed by atoms with van der Waals surface area (Å²) in [5.74, 6) is 2.09. The van der Waals surface area contributed by atoms with E-state index in [2.05, 4.69) is 5.32 Å². The Morgan fingerprint density at radius 1 is 0.846 bits per heavy atom. The van der Waals surface area contributed by atoms with E-state index in [1.165, 1.54) is 12.1 Å². The molecule has 6 nitrogen and oxygen atoms in total. The van der Waals surface area contributed by atoms with Gasteiger partial charge in [-0.05, 0) is 66.2 Å². The number of halogens is 2. The molecule has 0 saturated carbocycles. The lowest BCUT2D eigenvalue weighted by Gasteiger charge is -2.24. The second-order valence-electron chi connectivity index (χ2n) is 8.37. The first-order chi connectivity index (χ1) is 18.8. The molecule has 0 aliphatic heterocycles. The number of thioether (sulfide) groups is 1. The van der Waals surface area contributed by atoms with Crippen molar-refractivity contribution in [1.82, 2.24) is 5.32 Å². The summed E-state index contributed by atoms with van der Waals surface area (Å²) >= 11 is 13.8. The van der Waals surface area contributed by atoms with E-state index in [1.54, 1.807) is 66.4 Å². The first-order valence-corrected chi connectivity index (χ1v) is 15.4. The minimum absolute atomic E-state index is 0.0952. The predicted molar refractivity (Wildman–Crippen MR) is 160 cm³/mol. The Labute approximate surface area is 243 Å². The van der Waals surface area contributed by atoms with Crippen LogP contribution >= 0.6 is 35.0 Å². The lowest BCUT2D eigenvalue weighted by atomic mass is 10.2. The molecule has 4 aromatic carbocycles. The number of para-hydroxylation sites is 1. The van der Waals surface area contributed by atoms with E-state index in [4.69, 9.17) is 27.9 Å². The average Bonchev–Trinajstić information content (AvgIpc) is 2.94. The van der Waals surface area contributed by atoms with E-state index in [0.29, 0.717) is 45.3 Å². The van der Waals surface area contributed by atoms with E-state index in [9.17, 15) is 13.2 Å². The highest BCUT2D eigenvalue weighted by Crippen LogP contribution is 2.28. The van der Waals surface area contributed by atoms with Gasteiger partial charge in [-0.3, -0.25) is 9.10 Å². The molecule has 0 aliphatic rings. The van der Waals surface area contributed by atoms with Crippen LogP contribution in [0, 0.1) is 0 Å². The number of carbonyl (C=O) groups excluding carboxylic acids is 1. The van der Waals surface area contributed by atoms with Gasteiger partial charge in [0.25, 0.3) is 10.0 Å². The van der Waals surface area contributed by atoms with Gasteiger partial charge in [0.15, 0.2) is 0 Å². The zero-order chi connectivity index (χ0) is 27.7. The number of ether oxygens (including phenoxy) is 1. The van der Waals surface area contributed by atoms with Crippen molar-refractivity contribution in [2.45, 2.75) is 10.6 Å². The quantitative estimate of drug-likeness (QED) is 0.177. The minimum Gasteiger partial charge on any atom is -0.457 e. The zero-order valence-corrected chi connectivity index (χ0v) is 23.9. The fraction of sp³-hybridized carbons (Fsp3) is 0.138. The lowest BCUT2D eigenvalue weighted by Crippen LogP contribution is -2.41. The summed E-state index contributed by atoms with van der Waals surface area (Å²) in [5.41, 5.74) is 1.30. The van der Waals surface area contributed by atoms with Crippen molar-refractivity contribution in [1.29, 1.82) is 0 Å². The zero-order valence-electron chi connectivity index (χ0n) is 20.8. The molecule has 4 rings (SSSR count). The standard InChI is InChI=1S/C29H26Cl2N2O4S2/c30-23-12-11-22(28(31)19-23)21-38-18-17-32-29(34)20-33(39(35,36)27-9-5-2-6-10-27)24-13-15-26(16-14-24)37-25-7-3-1-4-8-25/h1-16,19H,17-18,20-21H2,(H,32,34). The van der Waals surface area contributed by atoms with Crippen LogP contribution in [-0.4, -0.2) is 33.2 Å². The maximum Gasteiger partial charge on any atom is 0.264 e. The molecule has 4 aromatic rings. The predicted octanol–water partition coefficient (Wildman–Crippen LogP) is 7.03. The molecule has 0 heterocycles. The number of sulfonamides is 1. The van der Waals surface area contributed by atoms with Crippen molar-refractivity contribution in [2.75, 3.05) is 23.1 Å². The molecule has 202 valence electrons. The molecule has 0 radical (unpaired) electrons. The van der Waals surface area contributed by atoms with Crippen LogP contribution in [0.25, 0.3) is 0 Å². The number of amides is 1. The van der Waals surface area contributed by atoms with Crippen molar-refractivity contribution in [3.05, 3.63) is 119 Å². The van der Waals surface area contributed by atoms with Gasteiger partial charge in [-0.25, -0.2) is 8.42 Å². The molecule has 1 amide bonds. The van der Waals surface area contributed by atoms with Crippen LogP contribution in [0.2, 0.25) is 10.0 Å². The average molecular weight is 602 g/mol. The van der Waals surface area contributed by atoms with E-state index < -0.39 is 15.9 Å². The number of rotatable bonds is 12. The highest BCUT2D eigenvalue weighted by Gasteiger charge is 2.27. The van der Waals surface area contributed by atoms with E-state index in [1.807, 2.05) is 36.4 Å². The Morgan fingerprint density at radius 3 is 2.15 bits per heavy atom. The van der Waals surface area contributed by atoms with Gasteiger partial charge in [0.05, 0.1) is 10.6 Å². The monoisotopic (exact) mass is 600 g/mol. The van der Waals surface area contributed by atoms with E-state index in [-0.39, 0.29) is 11.4 Å². The molecule has 0 bridgehead atoms. The van der Waals surface area contributed by atoms with Crippen LogP contribution in [-0.2, 0) is 20.6 Å². The third-order valence-electron chi connectivity index (χ3n) is 5.56. The normalized spacial score (nSPS) is 11.1. The molecule has 0 aliphatic carbocycles. The smallest absolute Gasteiger partial charge is 0.264 e. The molecule has 0 atom stereocenters. The fourth-order valence-electron chi connectivity index (χ4n) is 3.61. The van der Waals surface area contributed by atoms with Crippen LogP contribution in [0.1, 0.15) is 5.56 Å². The van der Waals surface area contributed by atoms with Crippen molar-refractivity contribution < 1.29 is 17.9 Å². The lowest BCUT2D eigenvalue weighted by molar-refractivity contribution is -0.119. The van der Waals surface area contributed by atoms with Crippen LogP contribution in [0.5, 0.6) is 11.5 Å². The third-order valence-corrected chi connectivity index (χ3v) is 8.95. The summed E-state index contributed by atoms with van der Waals surface area (Å²) in [6.45, 7) is 0.00157. The van der Waals surface area contributed by atoms with Gasteiger partial charge in [0.2, 0.25) is 5.91 Å². The molecule has 0 fully saturated rings. The maximum absolute atomic E-state index is 13.5. The number of carbonyl (C=O) groups is 1. The number of nitrogens with zero attached hydrogens (tertiary/aromatic N) is 1. The van der Waals surface area contributed by atoms with Crippen LogP contribution in [0.15, 0.2) is 108 Å². The molecule has 1 N–H and O–H groups in total. The molecular formula is C29H26Cl2N2O4S2. The van der Waals surface area contributed by atoms with E-state index in [0.717, 1.165) is 9.87 Å². The number of nitrogens with one attached hydrogen (secondary N) is 1. The van der Waals surface area contributed by atoms with Crippen molar-refractivity contribution in [3.8, 4) is 11.5 Å². The topological polar surface area (TPSA) is 75.7 Å². The number of anilines is 1. The summed E-state index contributed by atoms with van der Waals surface area (Å²) < 4.78 is 34.0. The first kappa shape index (κ1) is 28.8. The van der Waals surface area contributed by atoms with Crippen LogP contribution < -0.4 is 14.4 Å². The molecule has 0 aromatic heterocycles. The Bertz CT molecular complexity index is 1490. The van der Waals surface area contributed by atoms with Gasteiger partial charge < -0.3 is 10.1 Å². The molecule has 0 unspecified atom stereocenters. The Hall–Kier alpha value is -3.17. The summed E-state index contributed by atoms with van der Waals surface area (Å²) in [6.07, 6.45) is 0.